The van der Waals surface area contributed by atoms with E-state index < -0.39 is 0 Å². The molecule has 2 saturated heterocycles. The minimum atomic E-state index is -0.288. The van der Waals surface area contributed by atoms with Crippen LogP contribution in [0.2, 0.25) is 0 Å². The van der Waals surface area contributed by atoms with E-state index in [1.165, 1.54) is 0 Å². The fraction of sp³-hybridized carbons (Fsp3) is 0.393. The molecule has 6 rings (SSSR count). The number of anilines is 1. The van der Waals surface area contributed by atoms with Crippen LogP contribution in [-0.4, -0.2) is 70.3 Å². The quantitative estimate of drug-likeness (QED) is 0.564. The van der Waals surface area contributed by atoms with Crippen LogP contribution < -0.4 is 4.90 Å². The van der Waals surface area contributed by atoms with Gasteiger partial charge in [0.2, 0.25) is 0 Å². The Morgan fingerprint density at radius 3 is 2.61 bits per heavy atom. The summed E-state index contributed by atoms with van der Waals surface area (Å²) >= 11 is 0. The number of nitrogens with one attached hydrogen (secondary N) is 1. The average Bonchev–Trinajstić information content (AvgIpc) is 3.56. The molecule has 3 aliphatic rings. The second-order valence-corrected chi connectivity index (χ2v) is 10.2. The summed E-state index contributed by atoms with van der Waals surface area (Å²) in [6, 6.07) is 16.2. The number of nitrogens with zero attached hydrogens (tertiary/aromatic N) is 4. The minimum absolute atomic E-state index is 0.000195. The van der Waals surface area contributed by atoms with Gasteiger partial charge in [-0.15, -0.1) is 0 Å². The molecular formula is C28H31N5O3. The monoisotopic (exact) mass is 485 g/mol. The van der Waals surface area contributed by atoms with Gasteiger partial charge in [-0.3, -0.25) is 14.8 Å². The number of urea groups is 1. The molecule has 2 aliphatic heterocycles. The van der Waals surface area contributed by atoms with Crippen molar-refractivity contribution in [2.24, 2.45) is 0 Å². The Labute approximate surface area is 210 Å². The maximum atomic E-state index is 13.8. The summed E-state index contributed by atoms with van der Waals surface area (Å²) in [4.78, 5) is 32.5. The second kappa shape index (κ2) is 9.09. The molecule has 8 nitrogen and oxygen atoms in total. The van der Waals surface area contributed by atoms with Gasteiger partial charge >= 0.3 is 6.03 Å². The molecule has 3 heterocycles. The summed E-state index contributed by atoms with van der Waals surface area (Å²) in [5.74, 6) is 0.0483. The fourth-order valence-corrected chi connectivity index (χ4v) is 5.47. The summed E-state index contributed by atoms with van der Waals surface area (Å²) in [5.41, 5.74) is 4.31. The van der Waals surface area contributed by atoms with Crippen LogP contribution in [0.5, 0.6) is 0 Å². The van der Waals surface area contributed by atoms with Gasteiger partial charge in [-0.25, -0.2) is 4.79 Å². The standard InChI is InChI=1S/C28H31N5O3/c1-31(24-9-10-24)26(34)22-4-2-3-20(15-22)18-33-27(35)32(19-28(33)11-13-36-14-12-28)25-7-5-21(6-8-25)23-16-29-30-17-23/h2-8,15-17,24H,9-14,18-19H2,1H3,(H,29,30). The molecule has 1 aliphatic carbocycles. The van der Waals surface area contributed by atoms with Crippen molar-refractivity contribution in [1.82, 2.24) is 20.0 Å². The van der Waals surface area contributed by atoms with E-state index in [2.05, 4.69) is 10.2 Å². The van der Waals surface area contributed by atoms with Crippen molar-refractivity contribution in [3.05, 3.63) is 72.1 Å². The Hall–Kier alpha value is -3.65. The number of ether oxygens (including phenoxy) is 1. The highest BCUT2D eigenvalue weighted by atomic mass is 16.5. The molecular weight excluding hydrogens is 454 g/mol. The molecule has 8 heteroatoms. The molecule has 2 aromatic carbocycles. The van der Waals surface area contributed by atoms with Crippen LogP contribution in [0.4, 0.5) is 10.5 Å². The zero-order chi connectivity index (χ0) is 24.7. The minimum Gasteiger partial charge on any atom is -0.381 e. The number of amides is 3. The van der Waals surface area contributed by atoms with Crippen LogP contribution in [0.1, 0.15) is 41.6 Å². The predicted molar refractivity (Wildman–Crippen MR) is 137 cm³/mol. The number of aromatic nitrogens is 2. The lowest BCUT2D eigenvalue weighted by atomic mass is 9.88. The third-order valence-corrected chi connectivity index (χ3v) is 7.85. The average molecular weight is 486 g/mol. The van der Waals surface area contributed by atoms with Crippen LogP contribution in [0, 0.1) is 0 Å². The molecule has 1 saturated carbocycles. The van der Waals surface area contributed by atoms with Gasteiger partial charge in [0.15, 0.2) is 0 Å². The Kier molecular flexibility index (Phi) is 5.76. The number of H-pyrrole nitrogens is 1. The van der Waals surface area contributed by atoms with E-state index in [0.29, 0.717) is 37.9 Å². The Morgan fingerprint density at radius 2 is 1.92 bits per heavy atom. The molecule has 0 unspecified atom stereocenters. The highest BCUT2D eigenvalue weighted by molar-refractivity contribution is 5.96. The van der Waals surface area contributed by atoms with Crippen LogP contribution >= 0.6 is 0 Å². The van der Waals surface area contributed by atoms with Crippen molar-refractivity contribution < 1.29 is 14.3 Å². The highest BCUT2D eigenvalue weighted by Gasteiger charge is 2.50. The molecule has 0 atom stereocenters. The maximum absolute atomic E-state index is 13.8. The van der Waals surface area contributed by atoms with Crippen molar-refractivity contribution in [3.63, 3.8) is 0 Å². The topological polar surface area (TPSA) is 81.8 Å². The van der Waals surface area contributed by atoms with Gasteiger partial charge in [0.05, 0.1) is 18.3 Å². The Morgan fingerprint density at radius 1 is 1.14 bits per heavy atom. The van der Waals surface area contributed by atoms with Crippen molar-refractivity contribution in [2.75, 3.05) is 31.7 Å². The lowest BCUT2D eigenvalue weighted by Gasteiger charge is -2.40. The van der Waals surface area contributed by atoms with Gasteiger partial charge in [0.25, 0.3) is 5.91 Å². The van der Waals surface area contributed by atoms with Gasteiger partial charge in [-0.2, -0.15) is 5.10 Å². The van der Waals surface area contributed by atoms with Crippen molar-refractivity contribution in [2.45, 2.75) is 43.8 Å². The number of rotatable bonds is 6. The largest absolute Gasteiger partial charge is 0.381 e. The number of benzene rings is 2. The molecule has 36 heavy (non-hydrogen) atoms. The van der Waals surface area contributed by atoms with E-state index in [4.69, 9.17) is 4.74 Å². The smallest absolute Gasteiger partial charge is 0.325 e. The molecule has 1 spiro atoms. The predicted octanol–water partition coefficient (Wildman–Crippen LogP) is 4.30. The Bertz CT molecular complexity index is 1250. The summed E-state index contributed by atoms with van der Waals surface area (Å²) in [7, 11) is 1.88. The highest BCUT2D eigenvalue weighted by Crippen LogP contribution is 2.39. The molecule has 1 aromatic heterocycles. The summed E-state index contributed by atoms with van der Waals surface area (Å²) in [6.07, 6.45) is 7.39. The van der Waals surface area contributed by atoms with E-state index in [-0.39, 0.29) is 17.5 Å². The first-order valence-corrected chi connectivity index (χ1v) is 12.7. The van der Waals surface area contributed by atoms with Crippen molar-refractivity contribution in [3.8, 4) is 11.1 Å². The third kappa shape index (κ3) is 4.15. The SMILES string of the molecule is CN(C(=O)c1cccc(CN2C(=O)N(c3ccc(-c4cn[nH]c4)cc3)CC23CCOCC3)c1)C1CC1. The second-order valence-electron chi connectivity index (χ2n) is 10.2. The lowest BCUT2D eigenvalue weighted by Crippen LogP contribution is -2.50. The maximum Gasteiger partial charge on any atom is 0.325 e. The number of carbonyl (C=O) groups is 2. The number of hydrogen-bond donors (Lipinski definition) is 1. The third-order valence-electron chi connectivity index (χ3n) is 7.85. The first kappa shape index (κ1) is 22.8. The van der Waals surface area contributed by atoms with E-state index >= 15 is 0 Å². The van der Waals surface area contributed by atoms with Crippen LogP contribution in [0.25, 0.3) is 11.1 Å². The fourth-order valence-electron chi connectivity index (χ4n) is 5.47. The first-order valence-electron chi connectivity index (χ1n) is 12.7. The number of aromatic amines is 1. The van der Waals surface area contributed by atoms with Gasteiger partial charge < -0.3 is 14.5 Å². The number of carbonyl (C=O) groups excluding carboxylic acids is 2. The van der Waals surface area contributed by atoms with E-state index in [9.17, 15) is 9.59 Å². The molecule has 1 N–H and O–H groups in total. The zero-order valence-corrected chi connectivity index (χ0v) is 20.5. The van der Waals surface area contributed by atoms with Gasteiger partial charge in [0.1, 0.15) is 0 Å². The van der Waals surface area contributed by atoms with Gasteiger partial charge in [0, 0.05) is 55.9 Å². The molecule has 0 bridgehead atoms. The molecule has 0 radical (unpaired) electrons. The summed E-state index contributed by atoms with van der Waals surface area (Å²) < 4.78 is 5.68. The van der Waals surface area contributed by atoms with Gasteiger partial charge in [-0.1, -0.05) is 24.3 Å². The van der Waals surface area contributed by atoms with E-state index in [1.54, 1.807) is 6.20 Å². The van der Waals surface area contributed by atoms with Crippen molar-refractivity contribution >= 4 is 17.6 Å². The molecule has 3 aromatic rings. The van der Waals surface area contributed by atoms with Crippen LogP contribution in [0.3, 0.4) is 0 Å². The number of hydrogen-bond acceptors (Lipinski definition) is 4. The lowest BCUT2D eigenvalue weighted by molar-refractivity contribution is 0.00611. The molecule has 3 fully saturated rings. The van der Waals surface area contributed by atoms with E-state index in [0.717, 1.165) is 48.1 Å². The molecule has 186 valence electrons. The van der Waals surface area contributed by atoms with Gasteiger partial charge in [-0.05, 0) is 61.1 Å². The van der Waals surface area contributed by atoms with Crippen LogP contribution in [0.15, 0.2) is 60.9 Å². The van der Waals surface area contributed by atoms with E-state index in [1.807, 2.05) is 76.5 Å². The Balaban J connectivity index is 1.26. The zero-order valence-electron chi connectivity index (χ0n) is 20.5. The first-order chi connectivity index (χ1) is 17.5. The normalized spacial score (nSPS) is 19.2. The van der Waals surface area contributed by atoms with Crippen LogP contribution in [-0.2, 0) is 11.3 Å². The summed E-state index contributed by atoms with van der Waals surface area (Å²) in [5, 5.41) is 6.87. The van der Waals surface area contributed by atoms with Crippen molar-refractivity contribution in [1.29, 1.82) is 0 Å². The summed E-state index contributed by atoms with van der Waals surface area (Å²) in [6.45, 7) is 2.38. The molecule has 3 amide bonds.